The van der Waals surface area contributed by atoms with Crippen LogP contribution < -0.4 is 4.90 Å². The maximum absolute atomic E-state index is 6.18. The second kappa shape index (κ2) is 14.4. The summed E-state index contributed by atoms with van der Waals surface area (Å²) in [6.07, 6.45) is 9.26. The van der Waals surface area contributed by atoms with Crippen molar-refractivity contribution in [2.45, 2.75) is 6.42 Å². The second-order valence-electron chi connectivity index (χ2n) is 14.1. The zero-order valence-corrected chi connectivity index (χ0v) is 31.5. The van der Waals surface area contributed by atoms with Gasteiger partial charge in [-0.3, -0.25) is 0 Å². The number of rotatable bonds is 9. The van der Waals surface area contributed by atoms with E-state index in [2.05, 4.69) is 193 Å². The SMILES string of the molecule is C=C/C=C(\C=C/Cc1ccccc1)N(c1ccc(-c2ccc3c(ccc4oc5ccccc5c43)c2)cc1)c1cccc(-c2cccc3sc4ccccc4c23)c1. The molecule has 0 amide bonds. The van der Waals surface area contributed by atoms with Gasteiger partial charge in [0.1, 0.15) is 11.2 Å². The Bertz CT molecular complexity index is 3130. The van der Waals surface area contributed by atoms with Crippen LogP contribution in [0.25, 0.3) is 75.1 Å². The molecule has 0 bridgehead atoms. The smallest absolute Gasteiger partial charge is 0.136 e. The lowest BCUT2D eigenvalue weighted by Crippen LogP contribution is -2.15. The Labute approximate surface area is 330 Å². The zero-order chi connectivity index (χ0) is 37.4. The van der Waals surface area contributed by atoms with Gasteiger partial charge in [-0.2, -0.15) is 0 Å². The van der Waals surface area contributed by atoms with Crippen LogP contribution in [0.1, 0.15) is 5.56 Å². The first-order valence-electron chi connectivity index (χ1n) is 19.0. The normalized spacial score (nSPS) is 12.1. The summed E-state index contributed by atoms with van der Waals surface area (Å²) < 4.78 is 8.78. The van der Waals surface area contributed by atoms with E-state index in [1.54, 1.807) is 0 Å². The summed E-state index contributed by atoms with van der Waals surface area (Å²) >= 11 is 1.85. The molecule has 0 spiro atoms. The standard InChI is InChI=1S/C53H37NOS/c1-2-13-41(18-10-16-36-14-4-3-5-15-36)54(43-19-11-17-39(35-43)44-22-12-25-51-53(44)47-21-7-9-24-50(47)56-51)42-30-26-37(27-31-42)38-28-32-45-40(34-38)29-33-49-52(45)46-20-6-8-23-48(46)55-49/h2-15,17-35H,1,16H2/b18-10-,41-13+. The Morgan fingerprint density at radius 1 is 0.554 bits per heavy atom. The number of hydrogen-bond acceptors (Lipinski definition) is 3. The molecular formula is C53H37NOS. The van der Waals surface area contributed by atoms with Crippen molar-refractivity contribution < 1.29 is 4.42 Å². The van der Waals surface area contributed by atoms with E-state index in [0.717, 1.165) is 45.6 Å². The third-order valence-electron chi connectivity index (χ3n) is 10.7. The summed E-state index contributed by atoms with van der Waals surface area (Å²) in [5.74, 6) is 0. The Morgan fingerprint density at radius 3 is 2.20 bits per heavy atom. The fraction of sp³-hybridized carbons (Fsp3) is 0.0189. The summed E-state index contributed by atoms with van der Waals surface area (Å²) in [5.41, 5.74) is 11.0. The molecule has 8 aromatic carbocycles. The van der Waals surface area contributed by atoms with Crippen LogP contribution in [0, 0.1) is 0 Å². The first-order valence-corrected chi connectivity index (χ1v) is 19.8. The van der Waals surface area contributed by atoms with Gasteiger partial charge in [-0.1, -0.05) is 140 Å². The number of benzene rings is 8. The highest BCUT2D eigenvalue weighted by Crippen LogP contribution is 2.42. The van der Waals surface area contributed by atoms with Crippen molar-refractivity contribution in [3.8, 4) is 22.3 Å². The maximum atomic E-state index is 6.18. The van der Waals surface area contributed by atoms with Crippen molar-refractivity contribution >= 4 is 75.6 Å². The van der Waals surface area contributed by atoms with Crippen LogP contribution in [0.15, 0.2) is 217 Å². The van der Waals surface area contributed by atoms with E-state index in [1.807, 2.05) is 29.5 Å². The molecule has 2 nitrogen and oxygen atoms in total. The average Bonchev–Trinajstić information content (AvgIpc) is 3.83. The number of anilines is 2. The first kappa shape index (κ1) is 33.6. The van der Waals surface area contributed by atoms with E-state index >= 15 is 0 Å². The lowest BCUT2D eigenvalue weighted by atomic mass is 9.97. The summed E-state index contributed by atoms with van der Waals surface area (Å²) in [7, 11) is 0. The molecule has 0 atom stereocenters. The van der Waals surface area contributed by atoms with Crippen molar-refractivity contribution in [1.82, 2.24) is 0 Å². The lowest BCUT2D eigenvalue weighted by molar-refractivity contribution is 0.669. The van der Waals surface area contributed by atoms with Gasteiger partial charge >= 0.3 is 0 Å². The monoisotopic (exact) mass is 735 g/mol. The van der Waals surface area contributed by atoms with Crippen molar-refractivity contribution in [1.29, 1.82) is 0 Å². The minimum atomic E-state index is 0.832. The fourth-order valence-corrected chi connectivity index (χ4v) is 9.20. The number of allylic oxidation sites excluding steroid dienone is 4. The van der Waals surface area contributed by atoms with E-state index in [-0.39, 0.29) is 0 Å². The van der Waals surface area contributed by atoms with Gasteiger partial charge in [0.05, 0.1) is 0 Å². The number of hydrogen-bond donors (Lipinski definition) is 0. The van der Waals surface area contributed by atoms with Crippen LogP contribution in [0.4, 0.5) is 11.4 Å². The highest BCUT2D eigenvalue weighted by Gasteiger charge is 2.17. The Hall–Kier alpha value is -6.94. The van der Waals surface area contributed by atoms with Crippen molar-refractivity contribution in [2.24, 2.45) is 0 Å². The summed E-state index contributed by atoms with van der Waals surface area (Å²) in [6.45, 7) is 4.13. The van der Waals surface area contributed by atoms with Gasteiger partial charge in [0.25, 0.3) is 0 Å². The second-order valence-corrected chi connectivity index (χ2v) is 15.2. The number of para-hydroxylation sites is 1. The summed E-state index contributed by atoms with van der Waals surface area (Å²) in [4.78, 5) is 2.34. The molecule has 56 heavy (non-hydrogen) atoms. The van der Waals surface area contributed by atoms with Gasteiger partial charge in [-0.15, -0.1) is 11.3 Å². The predicted molar refractivity (Wildman–Crippen MR) is 241 cm³/mol. The molecule has 0 unspecified atom stereocenters. The van der Waals surface area contributed by atoms with Crippen molar-refractivity contribution in [3.63, 3.8) is 0 Å². The van der Waals surface area contributed by atoms with Crippen LogP contribution in [0.3, 0.4) is 0 Å². The molecule has 0 N–H and O–H groups in total. The quantitative estimate of drug-likeness (QED) is 0.137. The van der Waals surface area contributed by atoms with Crippen molar-refractivity contribution in [3.05, 3.63) is 218 Å². The van der Waals surface area contributed by atoms with Gasteiger partial charge in [0.15, 0.2) is 0 Å². The minimum Gasteiger partial charge on any atom is -0.456 e. The van der Waals surface area contributed by atoms with Gasteiger partial charge in [0.2, 0.25) is 0 Å². The third-order valence-corrected chi connectivity index (χ3v) is 11.8. The highest BCUT2D eigenvalue weighted by atomic mass is 32.1. The molecule has 2 aromatic heterocycles. The predicted octanol–water partition coefficient (Wildman–Crippen LogP) is 15.4. The number of furan rings is 1. The van der Waals surface area contributed by atoms with E-state index in [4.69, 9.17) is 4.42 Å². The minimum absolute atomic E-state index is 0.832. The van der Waals surface area contributed by atoms with Gasteiger partial charge in [-0.05, 0) is 112 Å². The maximum Gasteiger partial charge on any atom is 0.136 e. The molecule has 0 saturated heterocycles. The lowest BCUT2D eigenvalue weighted by Gasteiger charge is -2.27. The van der Waals surface area contributed by atoms with Gasteiger partial charge in [-0.25, -0.2) is 0 Å². The van der Waals surface area contributed by atoms with Crippen LogP contribution in [0.2, 0.25) is 0 Å². The number of fused-ring (bicyclic) bond motifs is 8. The fourth-order valence-electron chi connectivity index (χ4n) is 8.07. The Kier molecular flexibility index (Phi) is 8.63. The van der Waals surface area contributed by atoms with E-state index in [0.29, 0.717) is 0 Å². The molecule has 2 heterocycles. The van der Waals surface area contributed by atoms with Gasteiger partial charge in [0, 0.05) is 48.0 Å². The molecule has 266 valence electrons. The molecular weight excluding hydrogens is 699 g/mol. The van der Waals surface area contributed by atoms with Crippen molar-refractivity contribution in [2.75, 3.05) is 4.90 Å². The number of nitrogens with zero attached hydrogens (tertiary/aromatic N) is 1. The first-order chi connectivity index (χ1) is 27.7. The molecule has 10 rings (SSSR count). The molecule has 0 fully saturated rings. The zero-order valence-electron chi connectivity index (χ0n) is 30.7. The number of thiophene rings is 1. The third kappa shape index (κ3) is 6.09. The van der Waals surface area contributed by atoms with Gasteiger partial charge < -0.3 is 9.32 Å². The summed E-state index contributed by atoms with van der Waals surface area (Å²) in [6, 6.07) is 63.1. The molecule has 0 radical (unpaired) electrons. The van der Waals surface area contributed by atoms with Crippen LogP contribution in [-0.4, -0.2) is 0 Å². The molecule has 10 aromatic rings. The molecule has 0 aliphatic carbocycles. The molecule has 0 aliphatic rings. The molecule has 3 heteroatoms. The summed E-state index contributed by atoms with van der Waals surface area (Å²) in [5, 5.41) is 7.32. The largest absolute Gasteiger partial charge is 0.456 e. The van der Waals surface area contributed by atoms with Crippen LogP contribution >= 0.6 is 11.3 Å². The van der Waals surface area contributed by atoms with Crippen LogP contribution in [-0.2, 0) is 6.42 Å². The topological polar surface area (TPSA) is 16.4 Å². The van der Waals surface area contributed by atoms with E-state index in [9.17, 15) is 0 Å². The van der Waals surface area contributed by atoms with Crippen LogP contribution in [0.5, 0.6) is 0 Å². The Morgan fingerprint density at radius 2 is 1.32 bits per heavy atom. The Balaban J connectivity index is 1.06. The molecule has 0 saturated carbocycles. The van der Waals surface area contributed by atoms with E-state index < -0.39 is 0 Å². The highest BCUT2D eigenvalue weighted by molar-refractivity contribution is 7.25. The molecule has 0 aliphatic heterocycles. The van der Waals surface area contributed by atoms with E-state index in [1.165, 1.54) is 58.6 Å². The average molecular weight is 736 g/mol.